The molecule has 30 heavy (non-hydrogen) atoms. The Kier molecular flexibility index (Phi) is 6.06. The van der Waals surface area contributed by atoms with Gasteiger partial charge in [-0.2, -0.15) is 44.8 Å². The van der Waals surface area contributed by atoms with Gasteiger partial charge in [0.05, 0.1) is 12.2 Å². The minimum absolute atomic E-state index is 0.0148. The van der Waals surface area contributed by atoms with Gasteiger partial charge in [0.1, 0.15) is 35.4 Å². The number of aromatic nitrogens is 2. The lowest BCUT2D eigenvalue weighted by molar-refractivity contribution is -0.157. The maximum absolute atomic E-state index is 12.9. The molecule has 0 spiro atoms. The highest BCUT2D eigenvalue weighted by Gasteiger charge is 2.42. The van der Waals surface area contributed by atoms with Gasteiger partial charge < -0.3 is 14.6 Å². The number of nitriles is 1. The third-order valence-electron chi connectivity index (χ3n) is 3.67. The Labute approximate surface area is 160 Å². The maximum atomic E-state index is 12.9. The van der Waals surface area contributed by atoms with E-state index in [9.17, 15) is 49.7 Å². The number of pyridine rings is 1. The van der Waals surface area contributed by atoms with Crippen molar-refractivity contribution in [1.82, 2.24) is 9.97 Å². The minimum atomic E-state index is -5.36. The molecule has 6 nitrogen and oxygen atoms in total. The van der Waals surface area contributed by atoms with Gasteiger partial charge in [-0.05, 0) is 17.7 Å². The third-order valence-corrected chi connectivity index (χ3v) is 3.67. The van der Waals surface area contributed by atoms with E-state index in [4.69, 9.17) is 5.26 Å². The summed E-state index contributed by atoms with van der Waals surface area (Å²) in [6.45, 7) is 0. The summed E-state index contributed by atoms with van der Waals surface area (Å²) in [4.78, 5) is 5.28. The quantitative estimate of drug-likeness (QED) is 0.684. The largest absolute Gasteiger partial charge is 0.468 e. The van der Waals surface area contributed by atoms with Gasteiger partial charge in [-0.25, -0.2) is 9.97 Å². The molecule has 0 saturated carbocycles. The molecule has 2 aromatic rings. The van der Waals surface area contributed by atoms with Gasteiger partial charge in [0.15, 0.2) is 0 Å². The van der Waals surface area contributed by atoms with Gasteiger partial charge in [-0.15, -0.1) is 0 Å². The molecule has 164 valence electrons. The van der Waals surface area contributed by atoms with Crippen LogP contribution in [0.5, 0.6) is 0 Å². The molecule has 0 saturated heterocycles. The number of nitrogens with zero attached hydrogens (tertiary/aromatic N) is 3. The van der Waals surface area contributed by atoms with Crippen LogP contribution in [0.15, 0.2) is 22.8 Å². The zero-order valence-electron chi connectivity index (χ0n) is 14.0. The first-order valence-electron chi connectivity index (χ1n) is 7.50. The fourth-order valence-corrected chi connectivity index (χ4v) is 2.27. The van der Waals surface area contributed by atoms with Gasteiger partial charge in [0.25, 0.3) is 0 Å². The van der Waals surface area contributed by atoms with Crippen molar-refractivity contribution in [2.24, 2.45) is 5.92 Å². The molecule has 0 fully saturated rings. The average Bonchev–Trinajstić information content (AvgIpc) is 3.10. The Balaban J connectivity index is 2.47. The summed E-state index contributed by atoms with van der Waals surface area (Å²) >= 11 is 0. The molecule has 0 aromatic carbocycles. The summed E-state index contributed by atoms with van der Waals surface area (Å²) in [5, 5.41) is 29.3. The monoisotopic (exact) mass is 449 g/mol. The number of hydrogen-bond acceptors (Lipinski definition) is 6. The number of aliphatic hydroxyl groups excluding tert-OH is 2. The molecule has 15 heteroatoms. The van der Waals surface area contributed by atoms with Crippen molar-refractivity contribution in [3.8, 4) is 6.07 Å². The van der Waals surface area contributed by atoms with E-state index in [0.29, 0.717) is 0 Å². The Bertz CT molecular complexity index is 912. The number of aliphatic hydroxyl groups is 2. The highest BCUT2D eigenvalue weighted by molar-refractivity contribution is 5.29. The molecule has 0 aliphatic rings. The number of halogens is 9. The van der Waals surface area contributed by atoms with Crippen molar-refractivity contribution in [1.29, 1.82) is 5.26 Å². The Hall–Kier alpha value is -2.86. The van der Waals surface area contributed by atoms with Crippen molar-refractivity contribution in [3.05, 3.63) is 46.9 Å². The van der Waals surface area contributed by atoms with Gasteiger partial charge in [0.2, 0.25) is 0 Å². The first kappa shape index (κ1) is 23.4. The maximum Gasteiger partial charge on any atom is 0.468 e. The first-order chi connectivity index (χ1) is 13.6. The Morgan fingerprint density at radius 1 is 0.833 bits per heavy atom. The van der Waals surface area contributed by atoms with E-state index >= 15 is 0 Å². The van der Waals surface area contributed by atoms with Crippen LogP contribution in [-0.4, -0.2) is 20.2 Å². The molecule has 3 atom stereocenters. The number of oxazole rings is 1. The van der Waals surface area contributed by atoms with Gasteiger partial charge in [0, 0.05) is 0 Å². The molecule has 0 aliphatic heterocycles. The second kappa shape index (κ2) is 7.76. The van der Waals surface area contributed by atoms with Crippen molar-refractivity contribution in [3.63, 3.8) is 0 Å². The molecule has 2 rings (SSSR count). The predicted molar refractivity (Wildman–Crippen MR) is 74.8 cm³/mol. The van der Waals surface area contributed by atoms with Crippen molar-refractivity contribution < 1.29 is 54.1 Å². The second-order valence-corrected chi connectivity index (χ2v) is 5.79. The minimum Gasteiger partial charge on any atom is -0.441 e. The van der Waals surface area contributed by atoms with Crippen LogP contribution >= 0.6 is 0 Å². The smallest absolute Gasteiger partial charge is 0.441 e. The van der Waals surface area contributed by atoms with Crippen LogP contribution in [0, 0.1) is 17.2 Å². The van der Waals surface area contributed by atoms with Crippen LogP contribution in [0.25, 0.3) is 0 Å². The summed E-state index contributed by atoms with van der Waals surface area (Å²) in [6.07, 6.45) is -20.3. The molecule has 0 aliphatic carbocycles. The molecule has 0 bridgehead atoms. The first-order valence-corrected chi connectivity index (χ1v) is 7.50. The summed E-state index contributed by atoms with van der Waals surface area (Å²) in [5.41, 5.74) is -6.11. The van der Waals surface area contributed by atoms with E-state index in [1.165, 1.54) is 6.07 Å². The van der Waals surface area contributed by atoms with E-state index in [0.717, 1.165) is 0 Å². The lowest BCUT2D eigenvalue weighted by Gasteiger charge is -2.22. The van der Waals surface area contributed by atoms with Gasteiger partial charge in [-0.3, -0.25) is 0 Å². The molecule has 2 aromatic heterocycles. The lowest BCUT2D eigenvalue weighted by atomic mass is 9.90. The number of rotatable bonds is 4. The summed E-state index contributed by atoms with van der Waals surface area (Å²) < 4.78 is 119. The average molecular weight is 449 g/mol. The van der Waals surface area contributed by atoms with Crippen LogP contribution < -0.4 is 0 Å². The predicted octanol–water partition coefficient (Wildman–Crippen LogP) is 4.03. The van der Waals surface area contributed by atoms with Crippen LogP contribution in [0.3, 0.4) is 0 Å². The summed E-state index contributed by atoms with van der Waals surface area (Å²) in [7, 11) is 0. The van der Waals surface area contributed by atoms with E-state index < -0.39 is 65.2 Å². The number of alkyl halides is 9. The second-order valence-electron chi connectivity index (χ2n) is 5.79. The number of hydrogen-bond donors (Lipinski definition) is 2. The Morgan fingerprint density at radius 3 is 1.70 bits per heavy atom. The highest BCUT2D eigenvalue weighted by Crippen LogP contribution is 2.39. The van der Waals surface area contributed by atoms with E-state index in [-0.39, 0.29) is 18.4 Å². The molecule has 2 heterocycles. The molecule has 2 N–H and O–H groups in total. The summed E-state index contributed by atoms with van der Waals surface area (Å²) in [6, 6.07) is 1.25. The van der Waals surface area contributed by atoms with Crippen LogP contribution in [0.1, 0.15) is 40.7 Å². The molecule has 3 unspecified atom stereocenters. The van der Waals surface area contributed by atoms with E-state index in [1.807, 2.05) is 0 Å². The molecule has 0 radical (unpaired) electrons. The van der Waals surface area contributed by atoms with Crippen molar-refractivity contribution >= 4 is 0 Å². The highest BCUT2D eigenvalue weighted by atomic mass is 19.4. The van der Waals surface area contributed by atoms with Crippen LogP contribution in [0.2, 0.25) is 0 Å². The third kappa shape index (κ3) is 5.00. The standard InChI is InChI=1S/C15H8F9N3O3/c16-13(17,18)8-1-5(2-9(27-8)14(19,20)21)10(28)6(3-25)11(29)7-4-30-12(26-7)15(22,23)24/h1-2,4,6,10-11,28-29H. The SMILES string of the molecule is N#CC(C(O)c1cc(C(F)(F)F)nc(C(F)(F)F)c1)C(O)c1coc(C(F)(F)F)n1. The van der Waals surface area contributed by atoms with Crippen molar-refractivity contribution in [2.45, 2.75) is 30.7 Å². The van der Waals surface area contributed by atoms with Gasteiger partial charge in [-0.1, -0.05) is 0 Å². The normalized spacial score (nSPS) is 16.1. The molecular formula is C15H8F9N3O3. The molecule has 0 amide bonds. The van der Waals surface area contributed by atoms with E-state index in [1.54, 1.807) is 0 Å². The lowest BCUT2D eigenvalue weighted by Crippen LogP contribution is -2.22. The zero-order chi connectivity index (χ0) is 23.1. The van der Waals surface area contributed by atoms with E-state index in [2.05, 4.69) is 14.4 Å². The van der Waals surface area contributed by atoms with Crippen LogP contribution in [-0.2, 0) is 18.5 Å². The van der Waals surface area contributed by atoms with Crippen LogP contribution in [0.4, 0.5) is 39.5 Å². The van der Waals surface area contributed by atoms with Gasteiger partial charge >= 0.3 is 24.4 Å². The fourth-order valence-electron chi connectivity index (χ4n) is 2.27. The zero-order valence-corrected chi connectivity index (χ0v) is 14.0. The summed E-state index contributed by atoms with van der Waals surface area (Å²) in [5.74, 6) is -4.04. The Morgan fingerprint density at radius 2 is 1.33 bits per heavy atom. The topological polar surface area (TPSA) is 103 Å². The van der Waals surface area contributed by atoms with Crippen molar-refractivity contribution in [2.75, 3.05) is 0 Å². The fraction of sp³-hybridized carbons (Fsp3) is 0.400. The molecular weight excluding hydrogens is 441 g/mol.